The number of ether oxygens (including phenoxy) is 1. The maximum absolute atomic E-state index is 9.69. The highest BCUT2D eigenvalue weighted by molar-refractivity contribution is 6.30. The van der Waals surface area contributed by atoms with Crippen LogP contribution in [0, 0.1) is 0 Å². The molecular formula is C15H16ClNO2. The standard InChI is InChI=1S/C15H16ClNO2/c1-11(18)14-10-12(16)5-6-15(14)19-9-7-13-4-2-3-8-17-13/h2-6,8,10-11,18H,7,9H2,1H3/t11-/m0/s1. The van der Waals surface area contributed by atoms with Crippen molar-refractivity contribution >= 4 is 11.6 Å². The van der Waals surface area contributed by atoms with E-state index in [-0.39, 0.29) is 0 Å². The lowest BCUT2D eigenvalue weighted by Gasteiger charge is -2.13. The smallest absolute Gasteiger partial charge is 0.125 e. The molecule has 0 radical (unpaired) electrons. The van der Waals surface area contributed by atoms with Crippen molar-refractivity contribution in [2.24, 2.45) is 0 Å². The van der Waals surface area contributed by atoms with Crippen LogP contribution in [0.4, 0.5) is 0 Å². The molecule has 1 heterocycles. The normalized spacial score (nSPS) is 12.2. The second-order valence-electron chi connectivity index (χ2n) is 4.28. The molecule has 0 aliphatic carbocycles. The van der Waals surface area contributed by atoms with E-state index in [1.54, 1.807) is 31.3 Å². The minimum atomic E-state index is -0.608. The third kappa shape index (κ3) is 3.94. The summed E-state index contributed by atoms with van der Waals surface area (Å²) in [5.41, 5.74) is 1.68. The van der Waals surface area contributed by atoms with Gasteiger partial charge in [-0.1, -0.05) is 17.7 Å². The molecule has 0 spiro atoms. The number of halogens is 1. The van der Waals surface area contributed by atoms with Gasteiger partial charge in [0.1, 0.15) is 5.75 Å². The second-order valence-corrected chi connectivity index (χ2v) is 4.71. The van der Waals surface area contributed by atoms with E-state index >= 15 is 0 Å². The zero-order valence-corrected chi connectivity index (χ0v) is 11.5. The van der Waals surface area contributed by atoms with Crippen molar-refractivity contribution in [3.8, 4) is 5.75 Å². The van der Waals surface area contributed by atoms with Crippen LogP contribution >= 0.6 is 11.6 Å². The number of rotatable bonds is 5. The van der Waals surface area contributed by atoms with Crippen molar-refractivity contribution in [1.82, 2.24) is 4.98 Å². The van der Waals surface area contributed by atoms with Gasteiger partial charge >= 0.3 is 0 Å². The molecule has 1 aromatic carbocycles. The molecule has 2 rings (SSSR count). The molecule has 0 unspecified atom stereocenters. The molecule has 0 aliphatic rings. The lowest BCUT2D eigenvalue weighted by atomic mass is 10.1. The molecule has 1 N–H and O–H groups in total. The van der Waals surface area contributed by atoms with E-state index in [1.165, 1.54) is 0 Å². The van der Waals surface area contributed by atoms with E-state index in [4.69, 9.17) is 16.3 Å². The third-order valence-electron chi connectivity index (χ3n) is 2.76. The zero-order chi connectivity index (χ0) is 13.7. The van der Waals surface area contributed by atoms with Gasteiger partial charge in [-0.25, -0.2) is 0 Å². The summed E-state index contributed by atoms with van der Waals surface area (Å²) in [7, 11) is 0. The predicted molar refractivity (Wildman–Crippen MR) is 75.5 cm³/mol. The minimum Gasteiger partial charge on any atom is -0.493 e. The molecule has 0 bridgehead atoms. The van der Waals surface area contributed by atoms with Crippen LogP contribution in [-0.2, 0) is 6.42 Å². The number of hydrogen-bond acceptors (Lipinski definition) is 3. The number of nitrogens with zero attached hydrogens (tertiary/aromatic N) is 1. The second kappa shape index (κ2) is 6.55. The average Bonchev–Trinajstić information content (AvgIpc) is 2.41. The summed E-state index contributed by atoms with van der Waals surface area (Å²) in [5, 5.41) is 10.3. The van der Waals surface area contributed by atoms with Gasteiger partial charge in [0, 0.05) is 28.9 Å². The summed E-state index contributed by atoms with van der Waals surface area (Å²) in [4.78, 5) is 4.23. The fraction of sp³-hybridized carbons (Fsp3) is 0.267. The van der Waals surface area contributed by atoms with Crippen LogP contribution in [0.3, 0.4) is 0 Å². The van der Waals surface area contributed by atoms with E-state index in [2.05, 4.69) is 4.98 Å². The number of aliphatic hydroxyl groups excluding tert-OH is 1. The lowest BCUT2D eigenvalue weighted by Crippen LogP contribution is -2.05. The van der Waals surface area contributed by atoms with Crippen LogP contribution < -0.4 is 4.74 Å². The lowest BCUT2D eigenvalue weighted by molar-refractivity contribution is 0.191. The number of aliphatic hydroxyl groups is 1. The number of hydrogen-bond donors (Lipinski definition) is 1. The van der Waals surface area contributed by atoms with Crippen LogP contribution in [0.2, 0.25) is 5.02 Å². The van der Waals surface area contributed by atoms with Crippen molar-refractivity contribution in [2.75, 3.05) is 6.61 Å². The summed E-state index contributed by atoms with van der Waals surface area (Å²) < 4.78 is 5.70. The maximum atomic E-state index is 9.69. The van der Waals surface area contributed by atoms with Crippen LogP contribution in [-0.4, -0.2) is 16.7 Å². The van der Waals surface area contributed by atoms with Gasteiger partial charge in [-0.05, 0) is 37.3 Å². The van der Waals surface area contributed by atoms with Gasteiger partial charge in [-0.3, -0.25) is 4.98 Å². The summed E-state index contributed by atoms with van der Waals surface area (Å²) in [6.07, 6.45) is 1.88. The Morgan fingerprint density at radius 3 is 2.84 bits per heavy atom. The Bertz CT molecular complexity index is 529. The molecule has 1 atom stereocenters. The molecule has 0 aliphatic heterocycles. The number of benzene rings is 1. The molecule has 100 valence electrons. The summed E-state index contributed by atoms with van der Waals surface area (Å²) >= 11 is 5.91. The molecule has 0 saturated carbocycles. The molecule has 0 fully saturated rings. The van der Waals surface area contributed by atoms with E-state index in [1.807, 2.05) is 18.2 Å². The van der Waals surface area contributed by atoms with Crippen LogP contribution in [0.25, 0.3) is 0 Å². The summed E-state index contributed by atoms with van der Waals surface area (Å²) in [6, 6.07) is 11.1. The molecule has 0 saturated heterocycles. The molecule has 1 aromatic heterocycles. The molecular weight excluding hydrogens is 262 g/mol. The third-order valence-corrected chi connectivity index (χ3v) is 3.00. The zero-order valence-electron chi connectivity index (χ0n) is 10.7. The summed E-state index contributed by atoms with van der Waals surface area (Å²) in [6.45, 7) is 2.20. The van der Waals surface area contributed by atoms with Gasteiger partial charge in [0.05, 0.1) is 12.7 Å². The van der Waals surface area contributed by atoms with E-state index < -0.39 is 6.10 Å². The first-order valence-corrected chi connectivity index (χ1v) is 6.55. The van der Waals surface area contributed by atoms with Crippen molar-refractivity contribution in [2.45, 2.75) is 19.4 Å². The topological polar surface area (TPSA) is 42.4 Å². The van der Waals surface area contributed by atoms with Crippen molar-refractivity contribution in [3.63, 3.8) is 0 Å². The van der Waals surface area contributed by atoms with Gasteiger partial charge < -0.3 is 9.84 Å². The monoisotopic (exact) mass is 277 g/mol. The van der Waals surface area contributed by atoms with Crippen molar-refractivity contribution in [1.29, 1.82) is 0 Å². The number of pyridine rings is 1. The number of aromatic nitrogens is 1. The largest absolute Gasteiger partial charge is 0.493 e. The molecule has 19 heavy (non-hydrogen) atoms. The van der Waals surface area contributed by atoms with E-state index in [9.17, 15) is 5.11 Å². The van der Waals surface area contributed by atoms with Crippen LogP contribution in [0.15, 0.2) is 42.6 Å². The van der Waals surface area contributed by atoms with Crippen LogP contribution in [0.5, 0.6) is 5.75 Å². The fourth-order valence-corrected chi connectivity index (χ4v) is 1.97. The Balaban J connectivity index is 2.00. The Morgan fingerprint density at radius 1 is 1.32 bits per heavy atom. The molecule has 0 amide bonds. The first-order chi connectivity index (χ1) is 9.16. The maximum Gasteiger partial charge on any atom is 0.125 e. The fourth-order valence-electron chi connectivity index (χ4n) is 1.79. The molecule has 4 heteroatoms. The summed E-state index contributed by atoms with van der Waals surface area (Å²) in [5.74, 6) is 0.662. The van der Waals surface area contributed by atoms with E-state index in [0.29, 0.717) is 22.9 Å². The van der Waals surface area contributed by atoms with Crippen molar-refractivity contribution < 1.29 is 9.84 Å². The van der Waals surface area contributed by atoms with Gasteiger partial charge in [-0.15, -0.1) is 0 Å². The molecule has 3 nitrogen and oxygen atoms in total. The Labute approximate surface area is 117 Å². The Kier molecular flexibility index (Phi) is 4.77. The van der Waals surface area contributed by atoms with Crippen LogP contribution in [0.1, 0.15) is 24.3 Å². The SMILES string of the molecule is C[C@H](O)c1cc(Cl)ccc1OCCc1ccccn1. The van der Waals surface area contributed by atoms with Gasteiger partial charge in [0.15, 0.2) is 0 Å². The van der Waals surface area contributed by atoms with E-state index in [0.717, 1.165) is 12.1 Å². The quantitative estimate of drug-likeness (QED) is 0.911. The Hall–Kier alpha value is -1.58. The van der Waals surface area contributed by atoms with Gasteiger partial charge in [-0.2, -0.15) is 0 Å². The van der Waals surface area contributed by atoms with Crippen molar-refractivity contribution in [3.05, 3.63) is 58.9 Å². The highest BCUT2D eigenvalue weighted by atomic mass is 35.5. The first kappa shape index (κ1) is 13.8. The Morgan fingerprint density at radius 2 is 2.16 bits per heavy atom. The highest BCUT2D eigenvalue weighted by Crippen LogP contribution is 2.28. The predicted octanol–water partition coefficient (Wildman–Crippen LogP) is 3.41. The van der Waals surface area contributed by atoms with Gasteiger partial charge in [0.2, 0.25) is 0 Å². The minimum absolute atomic E-state index is 0.512. The highest BCUT2D eigenvalue weighted by Gasteiger charge is 2.10. The first-order valence-electron chi connectivity index (χ1n) is 6.17. The average molecular weight is 278 g/mol. The molecule has 2 aromatic rings. The van der Waals surface area contributed by atoms with Gasteiger partial charge in [0.25, 0.3) is 0 Å².